The van der Waals surface area contributed by atoms with Crippen molar-refractivity contribution in [2.24, 2.45) is 0 Å². The Labute approximate surface area is 125 Å². The summed E-state index contributed by atoms with van der Waals surface area (Å²) in [7, 11) is 0. The minimum Gasteiger partial charge on any atom is -0.481 e. The molecular formula is C14H13ClN2O2S. The van der Waals surface area contributed by atoms with E-state index in [9.17, 15) is 4.79 Å². The average Bonchev–Trinajstić information content (AvgIpc) is 2.76. The fraction of sp³-hybridized carbons (Fsp3) is 0.214. The molecule has 104 valence electrons. The van der Waals surface area contributed by atoms with Crippen molar-refractivity contribution in [1.82, 2.24) is 9.97 Å². The Balaban J connectivity index is 0.00000147. The molecule has 1 atom stereocenters. The van der Waals surface area contributed by atoms with Gasteiger partial charge in [-0.25, -0.2) is 9.97 Å². The molecule has 2 aromatic heterocycles. The van der Waals surface area contributed by atoms with Crippen LogP contribution in [0.3, 0.4) is 0 Å². The van der Waals surface area contributed by atoms with Crippen molar-refractivity contribution in [3.8, 4) is 0 Å². The molecule has 0 bridgehead atoms. The Bertz CT molecular complexity index is 772. The van der Waals surface area contributed by atoms with Crippen LogP contribution in [-0.2, 0) is 4.79 Å². The van der Waals surface area contributed by atoms with Crippen LogP contribution >= 0.6 is 23.7 Å². The van der Waals surface area contributed by atoms with Gasteiger partial charge >= 0.3 is 5.97 Å². The van der Waals surface area contributed by atoms with Gasteiger partial charge in [-0.3, -0.25) is 4.79 Å². The second kappa shape index (κ2) is 5.73. The SMILES string of the molecule is CCC(C(=O)O)c1ncc2c(n1)sc1ccccc12.Cl. The third kappa shape index (κ3) is 2.34. The van der Waals surface area contributed by atoms with E-state index in [1.54, 1.807) is 17.5 Å². The van der Waals surface area contributed by atoms with Gasteiger partial charge < -0.3 is 5.11 Å². The number of aromatic nitrogens is 2. The van der Waals surface area contributed by atoms with E-state index in [2.05, 4.69) is 9.97 Å². The number of hydrogen-bond donors (Lipinski definition) is 1. The Morgan fingerprint density at radius 1 is 1.35 bits per heavy atom. The van der Waals surface area contributed by atoms with Crippen molar-refractivity contribution in [3.05, 3.63) is 36.3 Å². The van der Waals surface area contributed by atoms with E-state index < -0.39 is 11.9 Å². The van der Waals surface area contributed by atoms with E-state index in [1.807, 2.05) is 31.2 Å². The van der Waals surface area contributed by atoms with E-state index in [0.717, 1.165) is 20.3 Å². The molecule has 0 aliphatic heterocycles. The Morgan fingerprint density at radius 3 is 2.80 bits per heavy atom. The van der Waals surface area contributed by atoms with Gasteiger partial charge in [0.15, 0.2) is 0 Å². The van der Waals surface area contributed by atoms with Gasteiger partial charge in [0.25, 0.3) is 0 Å². The predicted molar refractivity (Wildman–Crippen MR) is 82.8 cm³/mol. The minimum atomic E-state index is -0.872. The first-order chi connectivity index (χ1) is 9.20. The highest BCUT2D eigenvalue weighted by molar-refractivity contribution is 7.25. The van der Waals surface area contributed by atoms with Crippen molar-refractivity contribution < 1.29 is 9.90 Å². The largest absolute Gasteiger partial charge is 0.481 e. The molecule has 1 N–H and O–H groups in total. The fourth-order valence-electron chi connectivity index (χ4n) is 2.16. The van der Waals surface area contributed by atoms with Crippen LogP contribution < -0.4 is 0 Å². The lowest BCUT2D eigenvalue weighted by Crippen LogP contribution is -2.13. The van der Waals surface area contributed by atoms with Crippen molar-refractivity contribution in [2.45, 2.75) is 19.3 Å². The summed E-state index contributed by atoms with van der Waals surface area (Å²) in [6.07, 6.45) is 2.23. The Kier molecular flexibility index (Phi) is 4.20. The number of carbonyl (C=O) groups is 1. The van der Waals surface area contributed by atoms with Crippen molar-refractivity contribution in [2.75, 3.05) is 0 Å². The van der Waals surface area contributed by atoms with Crippen molar-refractivity contribution >= 4 is 50.0 Å². The van der Waals surface area contributed by atoms with Crippen molar-refractivity contribution in [1.29, 1.82) is 0 Å². The molecule has 0 saturated heterocycles. The molecule has 1 aromatic carbocycles. The molecule has 0 aliphatic rings. The number of carboxylic acids is 1. The van der Waals surface area contributed by atoms with Crippen LogP contribution in [0.5, 0.6) is 0 Å². The number of rotatable bonds is 3. The number of aliphatic carboxylic acids is 1. The first kappa shape index (κ1) is 14.7. The molecule has 6 heteroatoms. The number of hydrogen-bond acceptors (Lipinski definition) is 4. The third-order valence-corrected chi connectivity index (χ3v) is 4.25. The van der Waals surface area contributed by atoms with Crippen LogP contribution in [0.15, 0.2) is 30.5 Å². The topological polar surface area (TPSA) is 63.1 Å². The number of halogens is 1. The van der Waals surface area contributed by atoms with Crippen molar-refractivity contribution in [3.63, 3.8) is 0 Å². The van der Waals surface area contributed by atoms with Crippen LogP contribution in [0.2, 0.25) is 0 Å². The van der Waals surface area contributed by atoms with Gasteiger partial charge in [-0.05, 0) is 12.5 Å². The molecule has 0 spiro atoms. The highest BCUT2D eigenvalue weighted by Crippen LogP contribution is 2.32. The predicted octanol–water partition coefficient (Wildman–Crippen LogP) is 3.84. The molecule has 3 rings (SSSR count). The standard InChI is InChI=1S/C14H12N2O2S.ClH/c1-2-8(14(17)18)12-15-7-10-9-5-3-4-6-11(9)19-13(10)16-12;/h3-8H,2H2,1H3,(H,17,18);1H. The molecular weight excluding hydrogens is 296 g/mol. The van der Waals surface area contributed by atoms with Gasteiger partial charge in [0, 0.05) is 21.7 Å². The maximum atomic E-state index is 11.2. The summed E-state index contributed by atoms with van der Waals surface area (Å²) in [5, 5.41) is 11.3. The molecule has 0 amide bonds. The third-order valence-electron chi connectivity index (χ3n) is 3.17. The van der Waals surface area contributed by atoms with E-state index in [0.29, 0.717) is 12.2 Å². The molecule has 2 heterocycles. The second-order valence-corrected chi connectivity index (χ2v) is 5.37. The van der Waals surface area contributed by atoms with Gasteiger partial charge in [0.2, 0.25) is 0 Å². The van der Waals surface area contributed by atoms with E-state index in [1.165, 1.54) is 0 Å². The highest BCUT2D eigenvalue weighted by Gasteiger charge is 2.21. The molecule has 0 fully saturated rings. The Morgan fingerprint density at radius 2 is 2.10 bits per heavy atom. The lowest BCUT2D eigenvalue weighted by molar-refractivity contribution is -0.139. The second-order valence-electron chi connectivity index (χ2n) is 4.34. The fourth-order valence-corrected chi connectivity index (χ4v) is 3.21. The number of fused-ring (bicyclic) bond motifs is 3. The highest BCUT2D eigenvalue weighted by atomic mass is 35.5. The number of thiophene rings is 1. The van der Waals surface area contributed by atoms with Gasteiger partial charge in [-0.2, -0.15) is 0 Å². The summed E-state index contributed by atoms with van der Waals surface area (Å²) in [4.78, 5) is 20.7. The summed E-state index contributed by atoms with van der Waals surface area (Å²) in [6.45, 7) is 1.83. The summed E-state index contributed by atoms with van der Waals surface area (Å²) in [6, 6.07) is 8.04. The van der Waals surface area contributed by atoms with E-state index >= 15 is 0 Å². The molecule has 0 saturated carbocycles. The molecule has 20 heavy (non-hydrogen) atoms. The molecule has 4 nitrogen and oxygen atoms in total. The lowest BCUT2D eigenvalue weighted by atomic mass is 10.1. The van der Waals surface area contributed by atoms with Crippen LogP contribution in [0.4, 0.5) is 0 Å². The normalized spacial score (nSPS) is 12.2. The first-order valence-electron chi connectivity index (χ1n) is 6.07. The summed E-state index contributed by atoms with van der Waals surface area (Å²) < 4.78 is 1.15. The number of nitrogens with zero attached hydrogens (tertiary/aromatic N) is 2. The summed E-state index contributed by atoms with van der Waals surface area (Å²) >= 11 is 1.57. The maximum Gasteiger partial charge on any atom is 0.314 e. The van der Waals surface area contributed by atoms with Gasteiger partial charge in [-0.1, -0.05) is 25.1 Å². The monoisotopic (exact) mass is 308 g/mol. The molecule has 0 aliphatic carbocycles. The zero-order valence-corrected chi connectivity index (χ0v) is 12.4. The smallest absolute Gasteiger partial charge is 0.314 e. The van der Waals surface area contributed by atoms with Gasteiger partial charge in [0.05, 0.1) is 0 Å². The molecule has 3 aromatic rings. The van der Waals surface area contributed by atoms with Gasteiger partial charge in [-0.15, -0.1) is 23.7 Å². The first-order valence-corrected chi connectivity index (χ1v) is 6.89. The van der Waals surface area contributed by atoms with Crippen LogP contribution in [0, 0.1) is 0 Å². The summed E-state index contributed by atoms with van der Waals surface area (Å²) in [5.74, 6) is -1.10. The zero-order chi connectivity index (χ0) is 13.4. The quantitative estimate of drug-likeness (QED) is 0.798. The number of benzene rings is 1. The minimum absolute atomic E-state index is 0. The van der Waals surface area contributed by atoms with Crippen LogP contribution in [0.1, 0.15) is 25.1 Å². The maximum absolute atomic E-state index is 11.2. The zero-order valence-electron chi connectivity index (χ0n) is 10.7. The lowest BCUT2D eigenvalue weighted by Gasteiger charge is -2.07. The average molecular weight is 309 g/mol. The number of carboxylic acid groups (broad SMARTS) is 1. The Hall–Kier alpha value is -1.72. The molecule has 1 unspecified atom stereocenters. The van der Waals surface area contributed by atoms with Crippen LogP contribution in [0.25, 0.3) is 20.3 Å². The summed E-state index contributed by atoms with van der Waals surface area (Å²) in [5.41, 5.74) is 0. The van der Waals surface area contributed by atoms with E-state index in [-0.39, 0.29) is 12.4 Å². The van der Waals surface area contributed by atoms with Gasteiger partial charge in [0.1, 0.15) is 16.6 Å². The van der Waals surface area contributed by atoms with E-state index in [4.69, 9.17) is 5.11 Å². The molecule has 0 radical (unpaired) electrons. The van der Waals surface area contributed by atoms with Crippen LogP contribution in [-0.4, -0.2) is 21.0 Å².